The fourth-order valence-electron chi connectivity index (χ4n) is 2.19. The van der Waals surface area contributed by atoms with Gasteiger partial charge < -0.3 is 14.6 Å². The Balaban J connectivity index is 1.55. The predicted molar refractivity (Wildman–Crippen MR) is 88.8 cm³/mol. The maximum absolute atomic E-state index is 11.9. The predicted octanol–water partition coefficient (Wildman–Crippen LogP) is 2.72. The molecule has 0 bridgehead atoms. The quantitative estimate of drug-likeness (QED) is 0.755. The SMILES string of the molecule is COc1ccc(-c2noc(CCNC(=O)c3ccccc3)n2)cc1. The fourth-order valence-corrected chi connectivity index (χ4v) is 2.19. The van der Waals surface area contributed by atoms with Crippen LogP contribution >= 0.6 is 0 Å². The van der Waals surface area contributed by atoms with Gasteiger partial charge in [0, 0.05) is 24.1 Å². The first-order valence-electron chi connectivity index (χ1n) is 7.56. The number of aromatic nitrogens is 2. The molecule has 0 saturated heterocycles. The molecule has 0 fully saturated rings. The maximum Gasteiger partial charge on any atom is 0.251 e. The molecular formula is C18H17N3O3. The fraction of sp³-hybridized carbons (Fsp3) is 0.167. The summed E-state index contributed by atoms with van der Waals surface area (Å²) in [5, 5.41) is 6.79. The summed E-state index contributed by atoms with van der Waals surface area (Å²) in [6.07, 6.45) is 0.474. The van der Waals surface area contributed by atoms with E-state index in [0.29, 0.717) is 30.2 Å². The van der Waals surface area contributed by atoms with E-state index in [2.05, 4.69) is 15.5 Å². The molecule has 0 atom stereocenters. The van der Waals surface area contributed by atoms with E-state index in [9.17, 15) is 4.79 Å². The zero-order valence-electron chi connectivity index (χ0n) is 13.2. The lowest BCUT2D eigenvalue weighted by atomic mass is 10.2. The van der Waals surface area contributed by atoms with Crippen molar-refractivity contribution in [1.82, 2.24) is 15.5 Å². The number of hydrogen-bond acceptors (Lipinski definition) is 5. The van der Waals surface area contributed by atoms with Gasteiger partial charge in [0.2, 0.25) is 11.7 Å². The number of ether oxygens (including phenoxy) is 1. The van der Waals surface area contributed by atoms with Crippen molar-refractivity contribution < 1.29 is 14.1 Å². The van der Waals surface area contributed by atoms with Crippen molar-refractivity contribution in [3.05, 3.63) is 66.1 Å². The number of carbonyl (C=O) groups excluding carboxylic acids is 1. The number of nitrogens with one attached hydrogen (secondary N) is 1. The Hall–Kier alpha value is -3.15. The van der Waals surface area contributed by atoms with Crippen LogP contribution in [0, 0.1) is 0 Å². The normalized spacial score (nSPS) is 10.4. The lowest BCUT2D eigenvalue weighted by Crippen LogP contribution is -2.25. The molecule has 3 aromatic rings. The minimum absolute atomic E-state index is 0.120. The van der Waals surface area contributed by atoms with Crippen LogP contribution in [-0.4, -0.2) is 29.7 Å². The van der Waals surface area contributed by atoms with E-state index in [0.717, 1.165) is 11.3 Å². The first-order valence-corrected chi connectivity index (χ1v) is 7.56. The van der Waals surface area contributed by atoms with Crippen LogP contribution in [0.25, 0.3) is 11.4 Å². The third-order valence-electron chi connectivity index (χ3n) is 3.48. The largest absolute Gasteiger partial charge is 0.497 e. The number of carbonyl (C=O) groups is 1. The Morgan fingerprint density at radius 1 is 1.12 bits per heavy atom. The minimum atomic E-state index is -0.120. The van der Waals surface area contributed by atoms with Crippen LogP contribution in [0.1, 0.15) is 16.2 Å². The Morgan fingerprint density at radius 2 is 1.88 bits per heavy atom. The third kappa shape index (κ3) is 3.78. The molecule has 0 radical (unpaired) electrons. The number of rotatable bonds is 6. The summed E-state index contributed by atoms with van der Waals surface area (Å²) in [5.41, 5.74) is 1.47. The highest BCUT2D eigenvalue weighted by molar-refractivity contribution is 5.94. The van der Waals surface area contributed by atoms with Crippen molar-refractivity contribution in [1.29, 1.82) is 0 Å². The molecule has 6 nitrogen and oxygen atoms in total. The number of amides is 1. The van der Waals surface area contributed by atoms with Gasteiger partial charge in [-0.05, 0) is 36.4 Å². The molecule has 2 aromatic carbocycles. The number of hydrogen-bond donors (Lipinski definition) is 1. The van der Waals surface area contributed by atoms with Gasteiger partial charge in [-0.3, -0.25) is 4.79 Å². The van der Waals surface area contributed by atoms with E-state index in [1.807, 2.05) is 42.5 Å². The van der Waals surface area contributed by atoms with Crippen molar-refractivity contribution in [2.45, 2.75) is 6.42 Å². The monoisotopic (exact) mass is 323 g/mol. The summed E-state index contributed by atoms with van der Waals surface area (Å²) in [5.74, 6) is 1.65. The Labute approximate surface area is 139 Å². The summed E-state index contributed by atoms with van der Waals surface area (Å²) in [7, 11) is 1.62. The van der Waals surface area contributed by atoms with Gasteiger partial charge in [-0.15, -0.1) is 0 Å². The van der Waals surface area contributed by atoms with Crippen LogP contribution in [0.5, 0.6) is 5.75 Å². The third-order valence-corrected chi connectivity index (χ3v) is 3.48. The molecule has 3 rings (SSSR count). The highest BCUT2D eigenvalue weighted by Crippen LogP contribution is 2.19. The molecule has 0 aliphatic rings. The van der Waals surface area contributed by atoms with E-state index < -0.39 is 0 Å². The molecule has 1 aromatic heterocycles. The van der Waals surface area contributed by atoms with Crippen LogP contribution in [0.15, 0.2) is 59.1 Å². The lowest BCUT2D eigenvalue weighted by molar-refractivity contribution is 0.0953. The Bertz CT molecular complexity index is 798. The summed E-state index contributed by atoms with van der Waals surface area (Å²) < 4.78 is 10.3. The molecule has 0 saturated carbocycles. The van der Waals surface area contributed by atoms with Crippen LogP contribution in [0.2, 0.25) is 0 Å². The molecule has 122 valence electrons. The second kappa shape index (κ2) is 7.41. The van der Waals surface area contributed by atoms with Gasteiger partial charge in [-0.1, -0.05) is 23.4 Å². The zero-order chi connectivity index (χ0) is 16.8. The summed E-state index contributed by atoms with van der Waals surface area (Å²) in [6.45, 7) is 0.429. The van der Waals surface area contributed by atoms with Crippen LogP contribution in [0.3, 0.4) is 0 Å². The van der Waals surface area contributed by atoms with Gasteiger partial charge >= 0.3 is 0 Å². The van der Waals surface area contributed by atoms with Crippen molar-refractivity contribution in [3.8, 4) is 17.1 Å². The average molecular weight is 323 g/mol. The van der Waals surface area contributed by atoms with E-state index in [1.165, 1.54) is 0 Å². The summed E-state index contributed by atoms with van der Waals surface area (Å²) in [4.78, 5) is 16.3. The molecule has 24 heavy (non-hydrogen) atoms. The van der Waals surface area contributed by atoms with Crippen LogP contribution < -0.4 is 10.1 Å². The molecule has 0 spiro atoms. The van der Waals surface area contributed by atoms with E-state index in [4.69, 9.17) is 9.26 Å². The molecule has 1 N–H and O–H groups in total. The van der Waals surface area contributed by atoms with Gasteiger partial charge in [0.25, 0.3) is 5.91 Å². The van der Waals surface area contributed by atoms with E-state index >= 15 is 0 Å². The topological polar surface area (TPSA) is 77.3 Å². The highest BCUT2D eigenvalue weighted by Gasteiger charge is 2.10. The summed E-state index contributed by atoms with van der Waals surface area (Å²) in [6, 6.07) is 16.5. The van der Waals surface area contributed by atoms with Crippen molar-refractivity contribution in [2.75, 3.05) is 13.7 Å². The maximum atomic E-state index is 11.9. The smallest absolute Gasteiger partial charge is 0.251 e. The summed E-state index contributed by atoms with van der Waals surface area (Å²) >= 11 is 0. The zero-order valence-corrected chi connectivity index (χ0v) is 13.2. The Morgan fingerprint density at radius 3 is 2.58 bits per heavy atom. The first kappa shape index (κ1) is 15.7. The van der Waals surface area contributed by atoms with E-state index in [-0.39, 0.29) is 5.91 Å². The molecule has 6 heteroatoms. The number of nitrogens with zero attached hydrogens (tertiary/aromatic N) is 2. The van der Waals surface area contributed by atoms with Gasteiger partial charge in [0.05, 0.1) is 7.11 Å². The molecule has 0 unspecified atom stereocenters. The molecule has 0 aliphatic carbocycles. The molecule has 1 heterocycles. The lowest BCUT2D eigenvalue weighted by Gasteiger charge is -2.02. The standard InChI is InChI=1S/C18H17N3O3/c1-23-15-9-7-13(8-10-15)17-20-16(24-21-17)11-12-19-18(22)14-5-3-2-4-6-14/h2-10H,11-12H2,1H3,(H,19,22). The molecule has 1 amide bonds. The molecule has 0 aliphatic heterocycles. The van der Waals surface area contributed by atoms with Crippen molar-refractivity contribution in [2.24, 2.45) is 0 Å². The first-order chi connectivity index (χ1) is 11.8. The molecular weight excluding hydrogens is 306 g/mol. The number of methoxy groups -OCH3 is 1. The van der Waals surface area contributed by atoms with E-state index in [1.54, 1.807) is 19.2 Å². The van der Waals surface area contributed by atoms with Gasteiger partial charge in [0.15, 0.2) is 0 Å². The van der Waals surface area contributed by atoms with Crippen molar-refractivity contribution >= 4 is 5.91 Å². The second-order valence-corrected chi connectivity index (χ2v) is 5.11. The Kier molecular flexibility index (Phi) is 4.86. The number of benzene rings is 2. The van der Waals surface area contributed by atoms with Gasteiger partial charge in [0.1, 0.15) is 5.75 Å². The minimum Gasteiger partial charge on any atom is -0.497 e. The average Bonchev–Trinajstić information content (AvgIpc) is 3.11. The van der Waals surface area contributed by atoms with Crippen LogP contribution in [-0.2, 0) is 6.42 Å². The highest BCUT2D eigenvalue weighted by atomic mass is 16.5. The van der Waals surface area contributed by atoms with Crippen LogP contribution in [0.4, 0.5) is 0 Å². The second-order valence-electron chi connectivity index (χ2n) is 5.11. The van der Waals surface area contributed by atoms with Crippen molar-refractivity contribution in [3.63, 3.8) is 0 Å². The van der Waals surface area contributed by atoms with Gasteiger partial charge in [-0.25, -0.2) is 0 Å². The van der Waals surface area contributed by atoms with Gasteiger partial charge in [-0.2, -0.15) is 4.98 Å².